The van der Waals surface area contributed by atoms with Gasteiger partial charge in [0.15, 0.2) is 5.78 Å². The number of nitrogens with one attached hydrogen (secondary N) is 1. The first kappa shape index (κ1) is 15.2. The van der Waals surface area contributed by atoms with Crippen LogP contribution in [-0.2, 0) is 0 Å². The van der Waals surface area contributed by atoms with E-state index in [4.69, 9.17) is 0 Å². The predicted octanol–water partition coefficient (Wildman–Crippen LogP) is 2.97. The lowest BCUT2D eigenvalue weighted by atomic mass is 10.2. The van der Waals surface area contributed by atoms with Crippen molar-refractivity contribution in [3.8, 4) is 0 Å². The van der Waals surface area contributed by atoms with Gasteiger partial charge < -0.3 is 9.88 Å². The molecule has 0 radical (unpaired) electrons. The third-order valence-electron chi connectivity index (χ3n) is 3.64. The number of likely N-dealkylation sites (tertiary alicyclic amines) is 1. The zero-order valence-corrected chi connectivity index (χ0v) is 13.0. The van der Waals surface area contributed by atoms with E-state index >= 15 is 0 Å². The maximum atomic E-state index is 12.5. The van der Waals surface area contributed by atoms with Gasteiger partial charge in [-0.2, -0.15) is 11.8 Å². The minimum Gasteiger partial charge on any atom is -0.356 e. The van der Waals surface area contributed by atoms with E-state index in [0.717, 1.165) is 25.3 Å². The summed E-state index contributed by atoms with van der Waals surface area (Å²) in [6.07, 6.45) is 5.05. The van der Waals surface area contributed by atoms with E-state index in [9.17, 15) is 9.59 Å². The summed E-state index contributed by atoms with van der Waals surface area (Å²) in [4.78, 5) is 28.7. The number of Topliss-reactive ketones (excluding diaryl/α,β-unsaturated/α-hetero) is 1. The van der Waals surface area contributed by atoms with Gasteiger partial charge in [0.05, 0.1) is 0 Å². The summed E-state index contributed by atoms with van der Waals surface area (Å²) in [6, 6.07) is 1.66. The van der Waals surface area contributed by atoms with Gasteiger partial charge in [0, 0.05) is 30.1 Å². The van der Waals surface area contributed by atoms with E-state index < -0.39 is 0 Å². The number of rotatable bonds is 4. The molecule has 1 N–H and O–H groups in total. The molecule has 5 heteroatoms. The molecule has 4 nitrogen and oxygen atoms in total. The summed E-state index contributed by atoms with van der Waals surface area (Å²) >= 11 is 1.93. The Balaban J connectivity index is 2.07. The Morgan fingerprint density at radius 2 is 2.25 bits per heavy atom. The summed E-state index contributed by atoms with van der Waals surface area (Å²) in [6.45, 7) is 5.29. The molecule has 1 saturated heterocycles. The van der Waals surface area contributed by atoms with Crippen LogP contribution in [0.4, 0.5) is 0 Å². The van der Waals surface area contributed by atoms with Crippen LogP contribution in [0.3, 0.4) is 0 Å². The molecule has 110 valence electrons. The van der Waals surface area contributed by atoms with Crippen molar-refractivity contribution in [1.29, 1.82) is 0 Å². The first-order valence-corrected chi connectivity index (χ1v) is 8.27. The number of ketones is 1. The molecule has 1 aromatic heterocycles. The van der Waals surface area contributed by atoms with E-state index in [2.05, 4.69) is 11.9 Å². The van der Waals surface area contributed by atoms with Crippen molar-refractivity contribution >= 4 is 23.5 Å². The minimum atomic E-state index is -0.0180. The lowest BCUT2D eigenvalue weighted by molar-refractivity contribution is 0.0758. The van der Waals surface area contributed by atoms with Crippen LogP contribution >= 0.6 is 11.8 Å². The molecule has 20 heavy (non-hydrogen) atoms. The lowest BCUT2D eigenvalue weighted by Crippen LogP contribution is -2.35. The molecule has 1 aliphatic rings. The van der Waals surface area contributed by atoms with Gasteiger partial charge >= 0.3 is 0 Å². The van der Waals surface area contributed by atoms with E-state index in [1.807, 2.05) is 16.7 Å². The molecule has 0 aromatic carbocycles. The van der Waals surface area contributed by atoms with E-state index in [0.29, 0.717) is 16.5 Å². The van der Waals surface area contributed by atoms with Crippen LogP contribution in [0.5, 0.6) is 0 Å². The minimum absolute atomic E-state index is 0.0149. The molecule has 2 rings (SSSR count). The van der Waals surface area contributed by atoms with Crippen molar-refractivity contribution in [2.45, 2.75) is 38.4 Å². The summed E-state index contributed by atoms with van der Waals surface area (Å²) in [5.41, 5.74) is 1.10. The second-order valence-corrected chi connectivity index (χ2v) is 6.76. The molecule has 0 aliphatic carbocycles. The monoisotopic (exact) mass is 294 g/mol. The first-order valence-electron chi connectivity index (χ1n) is 7.22. The van der Waals surface area contributed by atoms with Crippen molar-refractivity contribution in [2.24, 2.45) is 0 Å². The average Bonchev–Trinajstić information content (AvgIpc) is 2.80. The molecule has 2 heterocycles. The zero-order chi connectivity index (χ0) is 14.5. The van der Waals surface area contributed by atoms with E-state index in [1.54, 1.807) is 12.3 Å². The summed E-state index contributed by atoms with van der Waals surface area (Å²) in [7, 11) is 0. The fourth-order valence-electron chi connectivity index (χ4n) is 2.55. The Hall–Kier alpha value is -1.23. The molecule has 1 amide bonds. The predicted molar refractivity (Wildman–Crippen MR) is 82.5 cm³/mol. The summed E-state index contributed by atoms with van der Waals surface area (Å²) in [5.74, 6) is 1.08. The van der Waals surface area contributed by atoms with Gasteiger partial charge in [-0.05, 0) is 31.6 Å². The number of nitrogens with zero attached hydrogens (tertiary/aromatic N) is 1. The van der Waals surface area contributed by atoms with E-state index in [1.165, 1.54) is 19.8 Å². The normalized spacial score (nSPS) is 19.7. The third-order valence-corrected chi connectivity index (χ3v) is 4.83. The first-order chi connectivity index (χ1) is 9.61. The number of amides is 1. The molecular weight excluding hydrogens is 272 g/mol. The number of hydrogen-bond acceptors (Lipinski definition) is 3. The number of aromatic nitrogens is 1. The summed E-state index contributed by atoms with van der Waals surface area (Å²) in [5, 5.41) is 0.536. The second-order valence-electron chi connectivity index (χ2n) is 5.18. The Morgan fingerprint density at radius 3 is 2.90 bits per heavy atom. The van der Waals surface area contributed by atoms with Crippen LogP contribution < -0.4 is 0 Å². The second kappa shape index (κ2) is 6.97. The fraction of sp³-hybridized carbons (Fsp3) is 0.600. The number of carbonyl (C=O) groups excluding carboxylic acids is 2. The fourth-order valence-corrected chi connectivity index (χ4v) is 3.64. The van der Waals surface area contributed by atoms with Crippen molar-refractivity contribution in [1.82, 2.24) is 9.88 Å². The van der Waals surface area contributed by atoms with Gasteiger partial charge in [0.1, 0.15) is 5.69 Å². The quantitative estimate of drug-likeness (QED) is 0.869. The van der Waals surface area contributed by atoms with Crippen molar-refractivity contribution in [3.05, 3.63) is 23.5 Å². The number of carbonyl (C=O) groups is 2. The average molecular weight is 294 g/mol. The molecule has 1 aliphatic heterocycles. The highest BCUT2D eigenvalue weighted by Gasteiger charge is 2.24. The molecule has 1 atom stereocenters. The molecule has 0 spiro atoms. The van der Waals surface area contributed by atoms with Crippen molar-refractivity contribution in [3.63, 3.8) is 0 Å². The molecule has 1 aromatic rings. The Labute approximate surface area is 124 Å². The molecule has 0 saturated carbocycles. The van der Waals surface area contributed by atoms with Crippen LogP contribution in [0, 0.1) is 0 Å². The highest BCUT2D eigenvalue weighted by atomic mass is 32.2. The topological polar surface area (TPSA) is 53.2 Å². The van der Waals surface area contributed by atoms with Gasteiger partial charge in [0.2, 0.25) is 0 Å². The SMILES string of the molecule is CCS[C@H]1CCCCN(C(=O)c2cc(C(C)=O)c[nH]2)C1. The van der Waals surface area contributed by atoms with Crippen LogP contribution in [0.25, 0.3) is 0 Å². The smallest absolute Gasteiger partial charge is 0.270 e. The Morgan fingerprint density at radius 1 is 1.45 bits per heavy atom. The zero-order valence-electron chi connectivity index (χ0n) is 12.1. The van der Waals surface area contributed by atoms with Crippen LogP contribution in [0.2, 0.25) is 0 Å². The maximum Gasteiger partial charge on any atom is 0.270 e. The van der Waals surface area contributed by atoms with Crippen molar-refractivity contribution < 1.29 is 9.59 Å². The Kier molecular flexibility index (Phi) is 5.29. The number of hydrogen-bond donors (Lipinski definition) is 1. The standard InChI is InChI=1S/C15H22N2O2S/c1-3-20-13-6-4-5-7-17(10-13)15(19)14-8-12(9-16-14)11(2)18/h8-9,13,16H,3-7,10H2,1-2H3/t13-/m0/s1. The molecule has 0 unspecified atom stereocenters. The number of thioether (sulfide) groups is 1. The van der Waals surface area contributed by atoms with Crippen LogP contribution in [-0.4, -0.2) is 45.7 Å². The highest BCUT2D eigenvalue weighted by molar-refractivity contribution is 7.99. The molecule has 1 fully saturated rings. The molecular formula is C15H22N2O2S. The Bertz CT molecular complexity index is 484. The van der Waals surface area contributed by atoms with Gasteiger partial charge in [-0.1, -0.05) is 13.3 Å². The van der Waals surface area contributed by atoms with Crippen LogP contribution in [0.15, 0.2) is 12.3 Å². The van der Waals surface area contributed by atoms with Gasteiger partial charge in [0.25, 0.3) is 5.91 Å². The third kappa shape index (κ3) is 3.66. The van der Waals surface area contributed by atoms with Crippen molar-refractivity contribution in [2.75, 3.05) is 18.8 Å². The molecule has 0 bridgehead atoms. The highest BCUT2D eigenvalue weighted by Crippen LogP contribution is 2.23. The van der Waals surface area contributed by atoms with E-state index in [-0.39, 0.29) is 11.7 Å². The van der Waals surface area contributed by atoms with Crippen LogP contribution in [0.1, 0.15) is 54.0 Å². The van der Waals surface area contributed by atoms with Gasteiger partial charge in [-0.15, -0.1) is 0 Å². The summed E-state index contributed by atoms with van der Waals surface area (Å²) < 4.78 is 0. The largest absolute Gasteiger partial charge is 0.356 e. The lowest BCUT2D eigenvalue weighted by Gasteiger charge is -2.23. The number of aromatic amines is 1. The maximum absolute atomic E-state index is 12.5. The van der Waals surface area contributed by atoms with Gasteiger partial charge in [-0.25, -0.2) is 0 Å². The number of H-pyrrole nitrogens is 1. The van der Waals surface area contributed by atoms with Gasteiger partial charge in [-0.3, -0.25) is 9.59 Å².